The summed E-state index contributed by atoms with van der Waals surface area (Å²) in [5.41, 5.74) is 1.01. The molecule has 0 aliphatic carbocycles. The van der Waals surface area contributed by atoms with E-state index in [0.29, 0.717) is 6.54 Å². The molecule has 72 valence electrons. The third-order valence-corrected chi connectivity index (χ3v) is 2.65. The Morgan fingerprint density at radius 1 is 1.62 bits per heavy atom. The van der Waals surface area contributed by atoms with Crippen LogP contribution in [0.15, 0.2) is 18.2 Å². The molecule has 13 heavy (non-hydrogen) atoms. The largest absolute Gasteiger partial charge is 0.392 e. The highest BCUT2D eigenvalue weighted by Crippen LogP contribution is 2.21. The molecule has 0 fully saturated rings. The summed E-state index contributed by atoms with van der Waals surface area (Å²) in [6.07, 6.45) is -0.341. The van der Waals surface area contributed by atoms with Crippen LogP contribution in [0, 0.1) is 3.57 Å². The lowest BCUT2D eigenvalue weighted by molar-refractivity contribution is 0.208. The van der Waals surface area contributed by atoms with Gasteiger partial charge in [-0.1, -0.05) is 11.6 Å². The molecule has 0 unspecified atom stereocenters. The summed E-state index contributed by atoms with van der Waals surface area (Å²) in [6, 6.07) is 5.62. The highest BCUT2D eigenvalue weighted by atomic mass is 127. The molecule has 2 N–H and O–H groups in total. The molecule has 0 heterocycles. The van der Waals surface area contributed by atoms with Crippen LogP contribution in [0.2, 0.25) is 5.02 Å². The van der Waals surface area contributed by atoms with Gasteiger partial charge in [-0.2, -0.15) is 0 Å². The number of hydrogen-bond donors (Lipinski definition) is 2. The minimum atomic E-state index is -0.341. The van der Waals surface area contributed by atoms with E-state index >= 15 is 0 Å². The fourth-order valence-corrected chi connectivity index (χ4v) is 1.95. The Morgan fingerprint density at radius 2 is 2.31 bits per heavy atom. The second-order valence-electron chi connectivity index (χ2n) is 2.85. The lowest BCUT2D eigenvalue weighted by atomic mass is 10.3. The van der Waals surface area contributed by atoms with Gasteiger partial charge in [0, 0.05) is 20.8 Å². The van der Waals surface area contributed by atoms with E-state index in [2.05, 4.69) is 27.9 Å². The van der Waals surface area contributed by atoms with Crippen molar-refractivity contribution in [1.82, 2.24) is 0 Å². The molecule has 4 heteroatoms. The maximum absolute atomic E-state index is 9.07. The minimum Gasteiger partial charge on any atom is -0.392 e. The van der Waals surface area contributed by atoms with E-state index in [0.717, 1.165) is 14.3 Å². The van der Waals surface area contributed by atoms with Crippen molar-refractivity contribution in [2.24, 2.45) is 0 Å². The monoisotopic (exact) mass is 311 g/mol. The number of anilines is 1. The Hall–Kier alpha value is -0.000000000000000111. The molecule has 0 saturated heterocycles. The number of aliphatic hydroxyl groups is 1. The fraction of sp³-hybridized carbons (Fsp3) is 0.333. The molecule has 0 amide bonds. The average Bonchev–Trinajstić information content (AvgIpc) is 2.02. The van der Waals surface area contributed by atoms with Crippen molar-refractivity contribution in [2.75, 3.05) is 11.9 Å². The van der Waals surface area contributed by atoms with E-state index in [1.54, 1.807) is 6.92 Å². The van der Waals surface area contributed by atoms with Crippen molar-refractivity contribution in [3.8, 4) is 0 Å². The zero-order valence-electron chi connectivity index (χ0n) is 7.22. The van der Waals surface area contributed by atoms with Gasteiger partial charge in [-0.25, -0.2) is 0 Å². The first kappa shape index (κ1) is 11.1. The molecule has 0 aliphatic heterocycles. The van der Waals surface area contributed by atoms with Crippen LogP contribution in [-0.4, -0.2) is 17.8 Å². The van der Waals surface area contributed by atoms with Gasteiger partial charge in [0.25, 0.3) is 0 Å². The number of hydrogen-bond acceptors (Lipinski definition) is 2. The van der Waals surface area contributed by atoms with E-state index in [1.165, 1.54) is 0 Å². The number of halogens is 2. The summed E-state index contributed by atoms with van der Waals surface area (Å²) in [5.74, 6) is 0. The zero-order valence-corrected chi connectivity index (χ0v) is 10.1. The number of rotatable bonds is 3. The molecular formula is C9H11ClINO. The quantitative estimate of drug-likeness (QED) is 0.841. The van der Waals surface area contributed by atoms with Crippen LogP contribution < -0.4 is 5.32 Å². The van der Waals surface area contributed by atoms with E-state index < -0.39 is 0 Å². The molecule has 0 spiro atoms. The minimum absolute atomic E-state index is 0.341. The molecule has 0 aromatic heterocycles. The topological polar surface area (TPSA) is 32.3 Å². The molecule has 0 aliphatic rings. The van der Waals surface area contributed by atoms with Crippen LogP contribution in [0.5, 0.6) is 0 Å². The van der Waals surface area contributed by atoms with E-state index in [1.807, 2.05) is 18.2 Å². The van der Waals surface area contributed by atoms with Gasteiger partial charge in [0.05, 0.1) is 6.10 Å². The summed E-state index contributed by atoms with van der Waals surface area (Å²) in [5, 5.41) is 12.9. The Balaban J connectivity index is 2.67. The van der Waals surface area contributed by atoms with Crippen molar-refractivity contribution >= 4 is 39.9 Å². The first-order chi connectivity index (χ1) is 6.09. The molecule has 1 atom stereocenters. The zero-order chi connectivity index (χ0) is 9.84. The van der Waals surface area contributed by atoms with Gasteiger partial charge in [0.1, 0.15) is 0 Å². The lowest BCUT2D eigenvalue weighted by Gasteiger charge is -2.10. The third kappa shape index (κ3) is 3.70. The summed E-state index contributed by atoms with van der Waals surface area (Å²) < 4.78 is 1.06. The highest BCUT2D eigenvalue weighted by molar-refractivity contribution is 14.1. The molecule has 1 rings (SSSR count). The van der Waals surface area contributed by atoms with Gasteiger partial charge >= 0.3 is 0 Å². The summed E-state index contributed by atoms with van der Waals surface area (Å²) in [4.78, 5) is 0. The molecule has 0 radical (unpaired) electrons. The van der Waals surface area contributed by atoms with E-state index in [4.69, 9.17) is 16.7 Å². The second kappa shape index (κ2) is 5.02. The maximum Gasteiger partial charge on any atom is 0.0684 e. The lowest BCUT2D eigenvalue weighted by Crippen LogP contribution is -2.15. The van der Waals surface area contributed by atoms with Crippen LogP contribution in [-0.2, 0) is 0 Å². The standard InChI is InChI=1S/C9H11ClINO/c1-6(13)5-12-9-3-2-7(10)4-8(9)11/h2-4,6,12-13H,5H2,1H3/t6-/m1/s1. The van der Waals surface area contributed by atoms with Gasteiger partial charge in [-0.15, -0.1) is 0 Å². The second-order valence-corrected chi connectivity index (χ2v) is 4.45. The highest BCUT2D eigenvalue weighted by Gasteiger charge is 2.01. The molecule has 2 nitrogen and oxygen atoms in total. The van der Waals surface area contributed by atoms with Gasteiger partial charge < -0.3 is 10.4 Å². The van der Waals surface area contributed by atoms with Crippen molar-refractivity contribution in [3.63, 3.8) is 0 Å². The van der Waals surface area contributed by atoms with E-state index in [9.17, 15) is 0 Å². The van der Waals surface area contributed by atoms with Gasteiger partial charge in [0.15, 0.2) is 0 Å². The third-order valence-electron chi connectivity index (χ3n) is 1.52. The summed E-state index contributed by atoms with van der Waals surface area (Å²) >= 11 is 8.00. The van der Waals surface area contributed by atoms with Crippen LogP contribution >= 0.6 is 34.2 Å². The summed E-state index contributed by atoms with van der Waals surface area (Å²) in [6.45, 7) is 2.30. The first-order valence-corrected chi connectivity index (χ1v) is 5.42. The number of nitrogens with one attached hydrogen (secondary N) is 1. The molecular weight excluding hydrogens is 300 g/mol. The van der Waals surface area contributed by atoms with Gasteiger partial charge in [-0.3, -0.25) is 0 Å². The Bertz CT molecular complexity index is 291. The van der Waals surface area contributed by atoms with Gasteiger partial charge in [0.2, 0.25) is 0 Å². The van der Waals surface area contributed by atoms with Crippen LogP contribution in [0.1, 0.15) is 6.92 Å². The predicted molar refractivity (Wildman–Crippen MR) is 64.3 cm³/mol. The number of aliphatic hydroxyl groups excluding tert-OH is 1. The number of benzene rings is 1. The average molecular weight is 312 g/mol. The molecule has 1 aromatic carbocycles. The van der Waals surface area contributed by atoms with E-state index in [-0.39, 0.29) is 6.10 Å². The van der Waals surface area contributed by atoms with Crippen molar-refractivity contribution in [1.29, 1.82) is 0 Å². The SMILES string of the molecule is C[C@@H](O)CNc1ccc(Cl)cc1I. The molecule has 0 saturated carbocycles. The predicted octanol–water partition coefficient (Wildman–Crippen LogP) is 2.74. The normalized spacial score (nSPS) is 12.6. The van der Waals surface area contributed by atoms with Crippen molar-refractivity contribution < 1.29 is 5.11 Å². The molecule has 1 aromatic rings. The van der Waals surface area contributed by atoms with Crippen LogP contribution in [0.4, 0.5) is 5.69 Å². The molecule has 0 bridgehead atoms. The van der Waals surface area contributed by atoms with Crippen molar-refractivity contribution in [2.45, 2.75) is 13.0 Å². The smallest absolute Gasteiger partial charge is 0.0684 e. The Kier molecular flexibility index (Phi) is 4.28. The van der Waals surface area contributed by atoms with Crippen LogP contribution in [0.3, 0.4) is 0 Å². The maximum atomic E-state index is 9.07. The Morgan fingerprint density at radius 3 is 2.85 bits per heavy atom. The van der Waals surface area contributed by atoms with Crippen molar-refractivity contribution in [3.05, 3.63) is 26.8 Å². The fourth-order valence-electron chi connectivity index (χ4n) is 0.891. The summed E-state index contributed by atoms with van der Waals surface area (Å²) in [7, 11) is 0. The van der Waals surface area contributed by atoms with Crippen LogP contribution in [0.25, 0.3) is 0 Å². The first-order valence-electron chi connectivity index (χ1n) is 3.96. The Labute approximate surface area is 96.4 Å². The van der Waals surface area contributed by atoms with Gasteiger partial charge in [-0.05, 0) is 47.7 Å².